The van der Waals surface area contributed by atoms with Crippen LogP contribution in [0.25, 0.3) is 0 Å². The molecule has 0 aromatic heterocycles. The van der Waals surface area contributed by atoms with E-state index in [9.17, 15) is 15.0 Å². The predicted octanol–water partition coefficient (Wildman–Crippen LogP) is -0.306. The Bertz CT molecular complexity index is 220. The van der Waals surface area contributed by atoms with E-state index in [4.69, 9.17) is 0 Å². The minimum Gasteiger partial charge on any atom is -0.391 e. The lowest BCUT2D eigenvalue weighted by Crippen LogP contribution is -2.43. The van der Waals surface area contributed by atoms with Crippen LogP contribution in [0.4, 0.5) is 0 Å². The van der Waals surface area contributed by atoms with Gasteiger partial charge >= 0.3 is 0 Å². The molecule has 0 radical (unpaired) electrons. The van der Waals surface area contributed by atoms with Crippen molar-refractivity contribution in [1.29, 1.82) is 0 Å². The Morgan fingerprint density at radius 1 is 1.71 bits per heavy atom. The molecule has 2 atom stereocenters. The van der Waals surface area contributed by atoms with Crippen LogP contribution >= 0.6 is 11.8 Å². The highest BCUT2D eigenvalue weighted by Gasteiger charge is 2.33. The number of carbonyl (C=O) groups is 1. The van der Waals surface area contributed by atoms with E-state index in [1.165, 1.54) is 4.90 Å². The van der Waals surface area contributed by atoms with Gasteiger partial charge in [0, 0.05) is 12.3 Å². The highest BCUT2D eigenvalue weighted by atomic mass is 32.2. The molecule has 1 heterocycles. The molecule has 0 saturated carbocycles. The Morgan fingerprint density at radius 2 is 2.36 bits per heavy atom. The summed E-state index contributed by atoms with van der Waals surface area (Å²) in [7, 11) is 0. The van der Waals surface area contributed by atoms with Crippen molar-refractivity contribution >= 4 is 17.7 Å². The number of carbonyl (C=O) groups excluding carboxylic acids is 1. The van der Waals surface area contributed by atoms with E-state index in [1.54, 1.807) is 18.7 Å². The lowest BCUT2D eigenvalue weighted by molar-refractivity contribution is -0.130. The van der Waals surface area contributed by atoms with E-state index in [-0.39, 0.29) is 12.3 Å². The zero-order valence-corrected chi connectivity index (χ0v) is 9.38. The molecule has 1 aliphatic heterocycles. The van der Waals surface area contributed by atoms with Gasteiger partial charge in [0.1, 0.15) is 0 Å². The fourth-order valence-electron chi connectivity index (χ4n) is 1.67. The number of amides is 1. The third-order valence-electron chi connectivity index (χ3n) is 2.18. The number of hydrogen-bond acceptors (Lipinski definition) is 4. The van der Waals surface area contributed by atoms with Crippen LogP contribution < -0.4 is 0 Å². The summed E-state index contributed by atoms with van der Waals surface area (Å²) in [6.45, 7) is 2.37. The predicted molar refractivity (Wildman–Crippen MR) is 56.2 cm³/mol. The number of thioether (sulfide) groups is 1. The van der Waals surface area contributed by atoms with Crippen LogP contribution in [0.5, 0.6) is 0 Å². The Balaban J connectivity index is 2.47. The van der Waals surface area contributed by atoms with Gasteiger partial charge in [0.05, 0.1) is 24.7 Å². The fourth-order valence-corrected chi connectivity index (χ4v) is 2.39. The molecule has 2 N–H and O–H groups in total. The van der Waals surface area contributed by atoms with Gasteiger partial charge in [0.2, 0.25) is 5.91 Å². The van der Waals surface area contributed by atoms with Crippen molar-refractivity contribution in [2.75, 3.05) is 25.1 Å². The smallest absolute Gasteiger partial charge is 0.225 e. The average molecular weight is 219 g/mol. The molecule has 1 saturated heterocycles. The zero-order chi connectivity index (χ0) is 10.8. The minimum absolute atomic E-state index is 0.0705. The maximum atomic E-state index is 11.3. The first kappa shape index (κ1) is 11.8. The first-order valence-corrected chi connectivity index (χ1v) is 6.01. The van der Waals surface area contributed by atoms with Crippen molar-refractivity contribution in [3.8, 4) is 0 Å². The number of hydrogen-bond donors (Lipinski definition) is 2. The summed E-state index contributed by atoms with van der Waals surface area (Å²) in [5.41, 5.74) is -0.862. The van der Waals surface area contributed by atoms with E-state index in [0.29, 0.717) is 18.8 Å². The second kappa shape index (κ2) is 4.51. The maximum absolute atomic E-state index is 11.3. The van der Waals surface area contributed by atoms with Gasteiger partial charge in [-0.2, -0.15) is 11.8 Å². The van der Waals surface area contributed by atoms with E-state index >= 15 is 0 Å². The van der Waals surface area contributed by atoms with Crippen molar-refractivity contribution in [3.05, 3.63) is 0 Å². The standard InChI is InChI=1S/C9H17NO3S/c1-9(13,6-14-2)5-10-4-7(11)3-8(10)12/h7,11,13H,3-6H2,1-2H3. The summed E-state index contributed by atoms with van der Waals surface area (Å²) in [5, 5.41) is 19.1. The number of aliphatic hydroxyl groups is 2. The van der Waals surface area contributed by atoms with Crippen LogP contribution in [0.15, 0.2) is 0 Å². The van der Waals surface area contributed by atoms with E-state index in [0.717, 1.165) is 0 Å². The number of aliphatic hydroxyl groups excluding tert-OH is 1. The molecular weight excluding hydrogens is 202 g/mol. The highest BCUT2D eigenvalue weighted by molar-refractivity contribution is 7.98. The second-order valence-electron chi connectivity index (χ2n) is 4.06. The molecule has 1 rings (SSSR count). The molecule has 1 amide bonds. The summed E-state index contributed by atoms with van der Waals surface area (Å²) < 4.78 is 0. The molecule has 1 fully saturated rings. The lowest BCUT2D eigenvalue weighted by Gasteiger charge is -2.28. The Morgan fingerprint density at radius 3 is 2.79 bits per heavy atom. The molecule has 1 aliphatic rings. The molecule has 0 aromatic rings. The monoisotopic (exact) mass is 219 g/mol. The Kier molecular flexibility index (Phi) is 3.80. The first-order valence-electron chi connectivity index (χ1n) is 4.62. The average Bonchev–Trinajstić information content (AvgIpc) is 2.28. The summed E-state index contributed by atoms with van der Waals surface area (Å²) in [5.74, 6) is 0.520. The SMILES string of the molecule is CSCC(C)(O)CN1CC(O)CC1=O. The fraction of sp³-hybridized carbons (Fsp3) is 0.889. The van der Waals surface area contributed by atoms with Crippen molar-refractivity contribution < 1.29 is 15.0 Å². The maximum Gasteiger partial charge on any atom is 0.225 e. The minimum atomic E-state index is -0.862. The Hall–Kier alpha value is -0.260. The largest absolute Gasteiger partial charge is 0.391 e. The topological polar surface area (TPSA) is 60.8 Å². The van der Waals surface area contributed by atoms with Gasteiger partial charge in [-0.1, -0.05) is 0 Å². The van der Waals surface area contributed by atoms with Gasteiger partial charge in [0.15, 0.2) is 0 Å². The number of likely N-dealkylation sites (tertiary alicyclic amines) is 1. The van der Waals surface area contributed by atoms with Gasteiger partial charge in [-0.25, -0.2) is 0 Å². The van der Waals surface area contributed by atoms with Crippen molar-refractivity contribution in [2.24, 2.45) is 0 Å². The van der Waals surface area contributed by atoms with Crippen molar-refractivity contribution in [3.63, 3.8) is 0 Å². The van der Waals surface area contributed by atoms with Crippen LogP contribution in [-0.4, -0.2) is 57.8 Å². The van der Waals surface area contributed by atoms with Crippen LogP contribution in [0.1, 0.15) is 13.3 Å². The summed E-state index contributed by atoms with van der Waals surface area (Å²) in [4.78, 5) is 12.8. The van der Waals surface area contributed by atoms with E-state index < -0.39 is 11.7 Å². The summed E-state index contributed by atoms with van der Waals surface area (Å²) in [6, 6.07) is 0. The van der Waals surface area contributed by atoms with Gasteiger partial charge in [0.25, 0.3) is 0 Å². The molecule has 82 valence electrons. The molecule has 2 unspecified atom stereocenters. The van der Waals surface area contributed by atoms with Gasteiger partial charge in [-0.3, -0.25) is 4.79 Å². The third kappa shape index (κ3) is 3.15. The third-order valence-corrected chi connectivity index (χ3v) is 3.09. The second-order valence-corrected chi connectivity index (χ2v) is 4.93. The van der Waals surface area contributed by atoms with Gasteiger partial charge < -0.3 is 15.1 Å². The molecule has 0 bridgehead atoms. The molecule has 5 heteroatoms. The molecule has 4 nitrogen and oxygen atoms in total. The number of β-amino-alcohol motifs (C(OH)–C–C–N with tert-alkyl or cyclic N) is 2. The van der Waals surface area contributed by atoms with Crippen LogP contribution in [-0.2, 0) is 4.79 Å². The molecule has 0 aliphatic carbocycles. The van der Waals surface area contributed by atoms with Crippen molar-refractivity contribution in [1.82, 2.24) is 4.90 Å². The summed E-state index contributed by atoms with van der Waals surface area (Å²) >= 11 is 1.54. The summed E-state index contributed by atoms with van der Waals surface area (Å²) in [6.07, 6.45) is 1.54. The number of rotatable bonds is 4. The lowest BCUT2D eigenvalue weighted by atomic mass is 10.1. The highest BCUT2D eigenvalue weighted by Crippen LogP contribution is 2.17. The zero-order valence-electron chi connectivity index (χ0n) is 8.56. The van der Waals surface area contributed by atoms with Crippen LogP contribution in [0.2, 0.25) is 0 Å². The molecule has 0 spiro atoms. The molecular formula is C9H17NO3S. The van der Waals surface area contributed by atoms with Gasteiger partial charge in [-0.05, 0) is 13.2 Å². The van der Waals surface area contributed by atoms with Crippen molar-refractivity contribution in [2.45, 2.75) is 25.0 Å². The molecule has 14 heavy (non-hydrogen) atoms. The number of nitrogens with zero attached hydrogens (tertiary/aromatic N) is 1. The van der Waals surface area contributed by atoms with Crippen LogP contribution in [0.3, 0.4) is 0 Å². The molecule has 0 aromatic carbocycles. The Labute approximate surface area is 88.3 Å². The normalized spacial score (nSPS) is 26.7. The quantitative estimate of drug-likeness (QED) is 0.681. The van der Waals surface area contributed by atoms with E-state index in [2.05, 4.69) is 0 Å². The first-order chi connectivity index (χ1) is 6.44. The van der Waals surface area contributed by atoms with Gasteiger partial charge in [-0.15, -0.1) is 0 Å². The van der Waals surface area contributed by atoms with Crippen LogP contribution in [0, 0.1) is 0 Å². The van der Waals surface area contributed by atoms with E-state index in [1.807, 2.05) is 6.26 Å².